The van der Waals surface area contributed by atoms with E-state index in [0.29, 0.717) is 0 Å². The topological polar surface area (TPSA) is 27.0 Å². The summed E-state index contributed by atoms with van der Waals surface area (Å²) in [6.45, 7) is 2.09. The van der Waals surface area contributed by atoms with Crippen LogP contribution < -0.4 is 0 Å². The Kier molecular flexibility index (Phi) is 3.86. The van der Waals surface area contributed by atoms with Gasteiger partial charge in [-0.2, -0.15) is 5.26 Å². The van der Waals surface area contributed by atoms with E-state index in [1.54, 1.807) is 0 Å². The zero-order valence-corrected chi connectivity index (χ0v) is 11.7. The molecule has 0 saturated carbocycles. The highest BCUT2D eigenvalue weighted by Gasteiger charge is 2.33. The van der Waals surface area contributed by atoms with E-state index in [1.165, 1.54) is 0 Å². The van der Waals surface area contributed by atoms with Crippen LogP contribution >= 0.6 is 15.9 Å². The summed E-state index contributed by atoms with van der Waals surface area (Å²) in [4.78, 5) is 2.32. The minimum atomic E-state index is -0.297. The molecular weight excluding hydrogens is 276 g/mol. The maximum Gasteiger partial charge on any atom is 0.0835 e. The van der Waals surface area contributed by atoms with Crippen molar-refractivity contribution in [3.05, 3.63) is 34.3 Å². The first kappa shape index (κ1) is 12.6. The van der Waals surface area contributed by atoms with Crippen molar-refractivity contribution in [2.75, 3.05) is 20.1 Å². The number of nitriles is 1. The van der Waals surface area contributed by atoms with E-state index >= 15 is 0 Å². The Labute approximate surface area is 111 Å². The minimum absolute atomic E-state index is 0.297. The van der Waals surface area contributed by atoms with E-state index in [2.05, 4.69) is 46.1 Å². The summed E-state index contributed by atoms with van der Waals surface area (Å²) in [6, 6.07) is 10.8. The largest absolute Gasteiger partial charge is 0.306 e. The zero-order valence-electron chi connectivity index (χ0n) is 10.1. The average Bonchev–Trinajstić information content (AvgIpc) is 2.52. The molecule has 1 fully saturated rings. The minimum Gasteiger partial charge on any atom is -0.306 e. The van der Waals surface area contributed by atoms with Gasteiger partial charge in [0.25, 0.3) is 0 Å². The molecule has 2 nitrogen and oxygen atoms in total. The first-order valence-corrected chi connectivity index (χ1v) is 6.81. The SMILES string of the molecule is CN1CCCC(C#N)(c2cccc(Br)c2)CC1. The Morgan fingerprint density at radius 3 is 2.88 bits per heavy atom. The second kappa shape index (κ2) is 5.20. The third-order valence-electron chi connectivity index (χ3n) is 3.65. The van der Waals surface area contributed by atoms with E-state index in [-0.39, 0.29) is 5.41 Å². The maximum atomic E-state index is 9.61. The average molecular weight is 293 g/mol. The number of hydrogen-bond acceptors (Lipinski definition) is 2. The lowest BCUT2D eigenvalue weighted by Crippen LogP contribution is -2.26. The molecule has 90 valence electrons. The number of benzene rings is 1. The highest BCUT2D eigenvalue weighted by Crippen LogP contribution is 2.35. The lowest BCUT2D eigenvalue weighted by Gasteiger charge is -2.25. The lowest BCUT2D eigenvalue weighted by atomic mass is 9.76. The summed E-state index contributed by atoms with van der Waals surface area (Å²) in [5.41, 5.74) is 0.860. The molecule has 0 radical (unpaired) electrons. The number of hydrogen-bond donors (Lipinski definition) is 0. The molecule has 2 rings (SSSR count). The van der Waals surface area contributed by atoms with Crippen molar-refractivity contribution in [2.45, 2.75) is 24.7 Å². The zero-order chi connectivity index (χ0) is 12.3. The van der Waals surface area contributed by atoms with E-state index in [1.807, 2.05) is 12.1 Å². The van der Waals surface area contributed by atoms with E-state index < -0.39 is 0 Å². The molecule has 0 aliphatic carbocycles. The molecule has 1 aliphatic rings. The standard InChI is InChI=1S/C14H17BrN2/c1-17-8-3-6-14(11-16,7-9-17)12-4-2-5-13(15)10-12/h2,4-5,10H,3,6-9H2,1H3. The van der Waals surface area contributed by atoms with Crippen LogP contribution in [0.4, 0.5) is 0 Å². The molecule has 0 spiro atoms. The fourth-order valence-corrected chi connectivity index (χ4v) is 2.92. The van der Waals surface area contributed by atoms with Gasteiger partial charge in [-0.25, -0.2) is 0 Å². The van der Waals surface area contributed by atoms with Crippen molar-refractivity contribution in [1.29, 1.82) is 5.26 Å². The highest BCUT2D eigenvalue weighted by molar-refractivity contribution is 9.10. The summed E-state index contributed by atoms with van der Waals surface area (Å²) in [7, 11) is 2.13. The number of rotatable bonds is 1. The fraction of sp³-hybridized carbons (Fsp3) is 0.500. The van der Waals surface area contributed by atoms with Gasteiger partial charge in [0.2, 0.25) is 0 Å². The first-order chi connectivity index (χ1) is 8.16. The van der Waals surface area contributed by atoms with Gasteiger partial charge in [-0.3, -0.25) is 0 Å². The van der Waals surface area contributed by atoms with Crippen LogP contribution in [0.15, 0.2) is 28.7 Å². The van der Waals surface area contributed by atoms with Gasteiger partial charge in [0.1, 0.15) is 0 Å². The van der Waals surface area contributed by atoms with Crippen LogP contribution in [0.1, 0.15) is 24.8 Å². The van der Waals surface area contributed by atoms with Crippen LogP contribution in [0, 0.1) is 11.3 Å². The molecule has 17 heavy (non-hydrogen) atoms. The van der Waals surface area contributed by atoms with Gasteiger partial charge in [-0.05, 0) is 57.1 Å². The number of halogens is 1. The molecule has 0 aromatic heterocycles. The van der Waals surface area contributed by atoms with Crippen molar-refractivity contribution in [3.8, 4) is 6.07 Å². The van der Waals surface area contributed by atoms with E-state index in [9.17, 15) is 5.26 Å². The normalized spacial score (nSPS) is 26.2. The van der Waals surface area contributed by atoms with Crippen molar-refractivity contribution in [1.82, 2.24) is 4.90 Å². The second-order valence-electron chi connectivity index (χ2n) is 4.86. The molecule has 0 bridgehead atoms. The predicted octanol–water partition coefficient (Wildman–Crippen LogP) is 3.33. The third kappa shape index (κ3) is 2.70. The van der Waals surface area contributed by atoms with Crippen LogP contribution in [-0.2, 0) is 5.41 Å². The third-order valence-corrected chi connectivity index (χ3v) is 4.15. The van der Waals surface area contributed by atoms with Crippen LogP contribution in [-0.4, -0.2) is 25.0 Å². The van der Waals surface area contributed by atoms with Crippen molar-refractivity contribution in [3.63, 3.8) is 0 Å². The monoisotopic (exact) mass is 292 g/mol. The molecule has 1 atom stereocenters. The summed E-state index contributed by atoms with van der Waals surface area (Å²) < 4.78 is 1.06. The summed E-state index contributed by atoms with van der Waals surface area (Å²) in [6.07, 6.45) is 2.98. The van der Waals surface area contributed by atoms with Gasteiger partial charge in [0.05, 0.1) is 11.5 Å². The Morgan fingerprint density at radius 1 is 1.35 bits per heavy atom. The predicted molar refractivity (Wildman–Crippen MR) is 72.8 cm³/mol. The van der Waals surface area contributed by atoms with Gasteiger partial charge in [-0.1, -0.05) is 28.1 Å². The Bertz CT molecular complexity index is 438. The van der Waals surface area contributed by atoms with Gasteiger partial charge in [0.15, 0.2) is 0 Å². The summed E-state index contributed by atoms with van der Waals surface area (Å²) >= 11 is 3.49. The smallest absolute Gasteiger partial charge is 0.0835 e. The van der Waals surface area contributed by atoms with Gasteiger partial charge >= 0.3 is 0 Å². The quantitative estimate of drug-likeness (QED) is 0.794. The molecule has 0 amide bonds. The first-order valence-electron chi connectivity index (χ1n) is 6.02. The molecule has 1 aliphatic heterocycles. The van der Waals surface area contributed by atoms with Crippen LogP contribution in [0.3, 0.4) is 0 Å². The number of nitrogens with zero attached hydrogens (tertiary/aromatic N) is 2. The van der Waals surface area contributed by atoms with Crippen LogP contribution in [0.5, 0.6) is 0 Å². The van der Waals surface area contributed by atoms with Crippen molar-refractivity contribution >= 4 is 15.9 Å². The molecule has 1 unspecified atom stereocenters. The van der Waals surface area contributed by atoms with E-state index in [0.717, 1.165) is 42.4 Å². The summed E-state index contributed by atoms with van der Waals surface area (Å²) in [5.74, 6) is 0. The van der Waals surface area contributed by atoms with Gasteiger partial charge < -0.3 is 4.90 Å². The molecule has 3 heteroatoms. The maximum absolute atomic E-state index is 9.61. The van der Waals surface area contributed by atoms with Crippen molar-refractivity contribution in [2.24, 2.45) is 0 Å². The fourth-order valence-electron chi connectivity index (χ4n) is 2.52. The van der Waals surface area contributed by atoms with Crippen LogP contribution in [0.25, 0.3) is 0 Å². The van der Waals surface area contributed by atoms with E-state index in [4.69, 9.17) is 0 Å². The molecular formula is C14H17BrN2. The van der Waals surface area contributed by atoms with Crippen molar-refractivity contribution < 1.29 is 0 Å². The molecule has 1 aromatic carbocycles. The molecule has 0 N–H and O–H groups in total. The van der Waals surface area contributed by atoms with Crippen LogP contribution in [0.2, 0.25) is 0 Å². The molecule has 1 saturated heterocycles. The Hall–Kier alpha value is -0.850. The molecule has 1 heterocycles. The lowest BCUT2D eigenvalue weighted by molar-refractivity contribution is 0.342. The highest BCUT2D eigenvalue weighted by atomic mass is 79.9. The second-order valence-corrected chi connectivity index (χ2v) is 5.78. The summed E-state index contributed by atoms with van der Waals surface area (Å²) in [5, 5.41) is 9.61. The Balaban J connectivity index is 2.34. The number of likely N-dealkylation sites (tertiary alicyclic amines) is 1. The van der Waals surface area contributed by atoms with Gasteiger partial charge in [0, 0.05) is 4.47 Å². The Morgan fingerprint density at radius 2 is 2.18 bits per heavy atom. The molecule has 1 aromatic rings. The van der Waals surface area contributed by atoms with Gasteiger partial charge in [-0.15, -0.1) is 0 Å².